The Bertz CT molecular complexity index is 1400. The molecule has 9 nitrogen and oxygen atoms in total. The molecule has 3 amide bonds. The number of carboxylic acids is 1. The van der Waals surface area contributed by atoms with Gasteiger partial charge in [0, 0.05) is 44.3 Å². The molecule has 2 aromatic carbocycles. The van der Waals surface area contributed by atoms with Gasteiger partial charge in [0.05, 0.1) is 23.3 Å². The van der Waals surface area contributed by atoms with E-state index >= 15 is 0 Å². The average Bonchev–Trinajstić information content (AvgIpc) is 3.09. The Morgan fingerprint density at radius 3 is 2.02 bits per heavy atom. The number of halogens is 6. The minimum atomic E-state index is -5.08. The Morgan fingerprint density at radius 1 is 0.857 bits per heavy atom. The molecule has 3 saturated heterocycles. The van der Waals surface area contributed by atoms with E-state index in [1.165, 1.54) is 5.56 Å². The van der Waals surface area contributed by atoms with Crippen LogP contribution in [-0.2, 0) is 20.7 Å². The molecule has 0 saturated carbocycles. The minimum absolute atomic E-state index is 0.0481. The van der Waals surface area contributed by atoms with E-state index < -0.39 is 12.1 Å². The van der Waals surface area contributed by atoms with E-state index in [1.807, 2.05) is 32.9 Å². The second-order valence-electron chi connectivity index (χ2n) is 12.5. The van der Waals surface area contributed by atoms with Gasteiger partial charge in [-0.25, -0.2) is 14.0 Å². The van der Waals surface area contributed by atoms with Crippen LogP contribution in [0.3, 0.4) is 0 Å². The summed E-state index contributed by atoms with van der Waals surface area (Å²) in [6, 6.07) is 12.3. The highest BCUT2D eigenvalue weighted by atomic mass is 35.5. The first-order valence-electron chi connectivity index (χ1n) is 16.5. The van der Waals surface area contributed by atoms with Crippen LogP contribution in [-0.4, -0.2) is 109 Å². The highest BCUT2D eigenvalue weighted by Crippen LogP contribution is 2.30. The van der Waals surface area contributed by atoms with Crippen LogP contribution in [0.15, 0.2) is 42.5 Å². The number of hydrogen-bond acceptors (Lipinski definition) is 5. The van der Waals surface area contributed by atoms with Crippen LogP contribution in [0, 0.1) is 17.7 Å². The van der Waals surface area contributed by atoms with Gasteiger partial charge in [-0.3, -0.25) is 4.79 Å². The number of anilines is 1. The fraction of sp³-hybridized carbons (Fsp3) is 0.559. The van der Waals surface area contributed by atoms with E-state index in [1.54, 1.807) is 24.3 Å². The van der Waals surface area contributed by atoms with Crippen LogP contribution in [0.5, 0.6) is 0 Å². The zero-order valence-corrected chi connectivity index (χ0v) is 28.7. The predicted octanol–water partition coefficient (Wildman–Crippen LogP) is 6.61. The molecule has 0 atom stereocenters. The van der Waals surface area contributed by atoms with Crippen molar-refractivity contribution in [1.29, 1.82) is 0 Å². The molecule has 3 aliphatic heterocycles. The Balaban J connectivity index is 0.000000698. The summed E-state index contributed by atoms with van der Waals surface area (Å²) in [5.41, 5.74) is 1.96. The summed E-state index contributed by atoms with van der Waals surface area (Å²) >= 11 is 12.5. The van der Waals surface area contributed by atoms with Gasteiger partial charge in [-0.15, -0.1) is 0 Å². The summed E-state index contributed by atoms with van der Waals surface area (Å²) in [7, 11) is 0. The fourth-order valence-corrected chi connectivity index (χ4v) is 6.62. The lowest BCUT2D eigenvalue weighted by Gasteiger charge is -2.38. The number of urea groups is 1. The van der Waals surface area contributed by atoms with Crippen LogP contribution >= 0.6 is 23.2 Å². The maximum absolute atomic E-state index is 13.9. The number of hydrogen-bond donors (Lipinski definition) is 1. The van der Waals surface area contributed by atoms with Crippen molar-refractivity contribution in [2.45, 2.75) is 44.7 Å². The number of aliphatic carboxylic acids is 1. The third kappa shape index (κ3) is 11.7. The van der Waals surface area contributed by atoms with Crippen LogP contribution in [0.1, 0.15) is 37.7 Å². The lowest BCUT2D eigenvalue weighted by molar-refractivity contribution is -0.192. The Labute approximate surface area is 293 Å². The standard InChI is InChI=1S/C32H41Cl2FN4O3.C2HF3O2/c33-29-7-6-28(23-30(29)34)39(31(40)26-10-16-37(17-11-26)32(41)38-18-20-42-21-19-38)13-1-12-36-14-8-25(9-15-36)22-24-2-4-27(35)5-3-24;3-2(4,5)1(6)7/h2-7,23,25-26H,1,8-22H2;(H,6,7). The number of morpholine rings is 1. The second-order valence-corrected chi connectivity index (χ2v) is 13.3. The molecule has 1 N–H and O–H groups in total. The van der Waals surface area contributed by atoms with Gasteiger partial charge in [-0.05, 0) is 100.0 Å². The molecule has 49 heavy (non-hydrogen) atoms. The second kappa shape index (κ2) is 18.2. The van der Waals surface area contributed by atoms with Gasteiger partial charge in [0.2, 0.25) is 5.91 Å². The third-order valence-electron chi connectivity index (χ3n) is 9.12. The van der Waals surface area contributed by atoms with Crippen LogP contribution in [0.4, 0.5) is 28.0 Å². The van der Waals surface area contributed by atoms with E-state index in [0.717, 1.165) is 51.0 Å². The molecular weight excluding hydrogens is 691 g/mol. The van der Waals surface area contributed by atoms with E-state index in [4.69, 9.17) is 37.8 Å². The smallest absolute Gasteiger partial charge is 0.475 e. The normalized spacial score (nSPS) is 18.1. The Hall–Kier alpha value is -3.13. The van der Waals surface area contributed by atoms with Gasteiger partial charge in [-0.1, -0.05) is 35.3 Å². The summed E-state index contributed by atoms with van der Waals surface area (Å²) in [5.74, 6) is -2.39. The molecule has 15 heteroatoms. The topological polar surface area (TPSA) is 93.6 Å². The molecule has 0 spiro atoms. The van der Waals surface area contributed by atoms with Crippen molar-refractivity contribution in [2.24, 2.45) is 11.8 Å². The largest absolute Gasteiger partial charge is 0.490 e. The first kappa shape index (κ1) is 38.7. The number of ether oxygens (including phenoxy) is 1. The molecule has 0 bridgehead atoms. The summed E-state index contributed by atoms with van der Waals surface area (Å²) in [5, 5.41) is 8.02. The van der Waals surface area contributed by atoms with Crippen LogP contribution in [0.25, 0.3) is 0 Å². The number of rotatable bonds is 8. The zero-order valence-electron chi connectivity index (χ0n) is 27.1. The maximum Gasteiger partial charge on any atom is 0.490 e. The number of carboxylic acid groups (broad SMARTS) is 1. The first-order chi connectivity index (χ1) is 23.3. The van der Waals surface area contributed by atoms with Gasteiger partial charge in [0.15, 0.2) is 0 Å². The van der Waals surface area contributed by atoms with Crippen molar-refractivity contribution >= 4 is 46.8 Å². The van der Waals surface area contributed by atoms with E-state index in [2.05, 4.69) is 4.90 Å². The van der Waals surface area contributed by atoms with Crippen molar-refractivity contribution in [3.8, 4) is 0 Å². The average molecular weight is 734 g/mol. The Morgan fingerprint density at radius 2 is 1.45 bits per heavy atom. The third-order valence-corrected chi connectivity index (χ3v) is 9.86. The van der Waals surface area contributed by atoms with Gasteiger partial charge in [-0.2, -0.15) is 13.2 Å². The van der Waals surface area contributed by atoms with Crippen molar-refractivity contribution in [1.82, 2.24) is 14.7 Å². The number of carbonyl (C=O) groups is 3. The number of benzene rings is 2. The molecule has 0 aliphatic carbocycles. The molecule has 270 valence electrons. The predicted molar refractivity (Wildman–Crippen MR) is 178 cm³/mol. The number of piperidine rings is 2. The van der Waals surface area contributed by atoms with E-state index in [-0.39, 0.29) is 23.7 Å². The van der Waals surface area contributed by atoms with Crippen LogP contribution in [0.2, 0.25) is 10.0 Å². The number of alkyl halides is 3. The monoisotopic (exact) mass is 732 g/mol. The number of likely N-dealkylation sites (tertiary alicyclic amines) is 2. The molecule has 3 fully saturated rings. The van der Waals surface area contributed by atoms with Gasteiger partial charge in [0.25, 0.3) is 0 Å². The zero-order chi connectivity index (χ0) is 35.6. The first-order valence-corrected chi connectivity index (χ1v) is 17.2. The quantitative estimate of drug-likeness (QED) is 0.308. The Kier molecular flexibility index (Phi) is 14.4. The maximum atomic E-state index is 13.9. The fourth-order valence-electron chi connectivity index (χ4n) is 6.33. The molecule has 0 unspecified atom stereocenters. The SMILES string of the molecule is O=C(N1CCOCC1)N1CCC(C(=O)N(CCCN2CCC(Cc3ccc(F)cc3)CC2)c2ccc(Cl)c(Cl)c2)CC1.O=C(O)C(F)(F)F. The summed E-state index contributed by atoms with van der Waals surface area (Å²) in [6.07, 6.45) is 0.291. The molecule has 3 heterocycles. The minimum Gasteiger partial charge on any atom is -0.475 e. The summed E-state index contributed by atoms with van der Waals surface area (Å²) in [4.78, 5) is 43.8. The highest BCUT2D eigenvalue weighted by molar-refractivity contribution is 6.42. The highest BCUT2D eigenvalue weighted by Gasteiger charge is 2.38. The van der Waals surface area contributed by atoms with Gasteiger partial charge in [0.1, 0.15) is 5.82 Å². The van der Waals surface area contributed by atoms with E-state index in [9.17, 15) is 27.2 Å². The number of nitrogens with zero attached hydrogens (tertiary/aromatic N) is 4. The van der Waals surface area contributed by atoms with Crippen molar-refractivity contribution in [3.05, 3.63) is 63.9 Å². The molecular formula is C34H42Cl2F4N4O5. The summed E-state index contributed by atoms with van der Waals surface area (Å²) < 4.78 is 50.4. The molecule has 5 rings (SSSR count). The van der Waals surface area contributed by atoms with Crippen LogP contribution < -0.4 is 4.90 Å². The number of carbonyl (C=O) groups excluding carboxylic acids is 2. The molecule has 3 aliphatic rings. The molecule has 2 aromatic rings. The summed E-state index contributed by atoms with van der Waals surface area (Å²) in [6.45, 7) is 7.12. The van der Waals surface area contributed by atoms with Crippen molar-refractivity contribution in [2.75, 3.05) is 70.5 Å². The lowest BCUT2D eigenvalue weighted by atomic mass is 9.90. The van der Waals surface area contributed by atoms with Gasteiger partial charge >= 0.3 is 18.2 Å². The van der Waals surface area contributed by atoms with E-state index in [0.29, 0.717) is 74.7 Å². The molecule has 0 aromatic heterocycles. The van der Waals surface area contributed by atoms with Crippen molar-refractivity contribution in [3.63, 3.8) is 0 Å². The van der Waals surface area contributed by atoms with Crippen molar-refractivity contribution < 1.29 is 41.8 Å². The molecule has 0 radical (unpaired) electrons. The number of amides is 3. The van der Waals surface area contributed by atoms with Gasteiger partial charge < -0.3 is 29.4 Å². The lowest BCUT2D eigenvalue weighted by Crippen LogP contribution is -2.51.